The molecule has 0 aromatic carbocycles. The summed E-state index contributed by atoms with van der Waals surface area (Å²) in [7, 11) is 1.35. The van der Waals surface area contributed by atoms with Crippen molar-refractivity contribution < 1.29 is 19.4 Å². The monoisotopic (exact) mass is 931 g/mol. The molecule has 0 rings (SSSR count). The van der Waals surface area contributed by atoms with Crippen molar-refractivity contribution >= 4 is 11.9 Å². The molecule has 0 spiro atoms. The summed E-state index contributed by atoms with van der Waals surface area (Å²) in [5.41, 5.74) is 14.5. The van der Waals surface area contributed by atoms with Gasteiger partial charge in [0, 0.05) is 12.2 Å². The first-order chi connectivity index (χ1) is 32.7. The maximum atomic E-state index is 11.0. The van der Waals surface area contributed by atoms with E-state index in [0.717, 1.165) is 54.1 Å². The van der Waals surface area contributed by atoms with Crippen LogP contribution in [0.15, 0.2) is 261 Å². The predicted molar refractivity (Wildman–Crippen MR) is 306 cm³/mol. The van der Waals surface area contributed by atoms with Crippen molar-refractivity contribution in [1.29, 1.82) is 0 Å². The summed E-state index contributed by atoms with van der Waals surface area (Å²) < 4.78 is 4.54. The summed E-state index contributed by atoms with van der Waals surface area (Å²) in [6, 6.07) is 0. The van der Waals surface area contributed by atoms with E-state index in [1.807, 2.05) is 88.5 Å². The molecule has 0 atom stereocenters. The number of carbonyl (C=O) groups is 2. The number of hydrogen-bond acceptors (Lipinski definition) is 3. The minimum atomic E-state index is -0.956. The number of methoxy groups -OCH3 is 1. The van der Waals surface area contributed by atoms with E-state index in [1.54, 1.807) is 12.2 Å². The van der Waals surface area contributed by atoms with E-state index in [2.05, 4.69) is 183 Å². The van der Waals surface area contributed by atoms with E-state index in [1.165, 1.54) is 57.8 Å². The average Bonchev–Trinajstić information content (AvgIpc) is 3.27. The quantitative estimate of drug-likeness (QED) is 0.0406. The Morgan fingerprint density at radius 1 is 0.333 bits per heavy atom. The van der Waals surface area contributed by atoms with Crippen LogP contribution in [0.3, 0.4) is 0 Å². The lowest BCUT2D eigenvalue weighted by Gasteiger charge is -1.96. The van der Waals surface area contributed by atoms with Crippen molar-refractivity contribution in [1.82, 2.24) is 0 Å². The molecule has 0 amide bonds. The molecule has 69 heavy (non-hydrogen) atoms. The third-order valence-electron chi connectivity index (χ3n) is 9.37. The zero-order valence-electron chi connectivity index (χ0n) is 45.0. The van der Waals surface area contributed by atoms with Gasteiger partial charge in [0.05, 0.1) is 7.11 Å². The van der Waals surface area contributed by atoms with Gasteiger partial charge in [-0.2, -0.15) is 0 Å². The molecule has 4 nitrogen and oxygen atoms in total. The summed E-state index contributed by atoms with van der Waals surface area (Å²) in [6.07, 6.45) is 68.5. The molecule has 0 saturated heterocycles. The van der Waals surface area contributed by atoms with E-state index >= 15 is 0 Å². The van der Waals surface area contributed by atoms with Gasteiger partial charge < -0.3 is 9.84 Å². The third kappa shape index (κ3) is 47.5. The Bertz CT molecular complexity index is 2200. The van der Waals surface area contributed by atoms with Crippen molar-refractivity contribution in [3.05, 3.63) is 261 Å². The van der Waals surface area contributed by atoms with E-state index in [0.29, 0.717) is 0 Å². The summed E-state index contributed by atoms with van der Waals surface area (Å²) in [4.78, 5) is 21.5. The van der Waals surface area contributed by atoms with E-state index in [4.69, 9.17) is 5.11 Å². The van der Waals surface area contributed by atoms with Gasteiger partial charge in [0.1, 0.15) is 0 Å². The maximum absolute atomic E-state index is 11.0. The predicted octanol–water partition coefficient (Wildman–Crippen LogP) is 18.7. The van der Waals surface area contributed by atoms with E-state index in [-0.39, 0.29) is 5.97 Å². The average molecular weight is 931 g/mol. The van der Waals surface area contributed by atoms with Gasteiger partial charge >= 0.3 is 11.9 Å². The van der Waals surface area contributed by atoms with Crippen molar-refractivity contribution in [2.45, 2.75) is 123 Å². The molecule has 0 aliphatic rings. The molecule has 0 saturated carbocycles. The summed E-state index contributed by atoms with van der Waals surface area (Å²) >= 11 is 0. The Morgan fingerprint density at radius 3 is 0.841 bits per heavy atom. The highest BCUT2D eigenvalue weighted by Crippen LogP contribution is 2.10. The molecule has 0 heterocycles. The Labute approximate surface area is 420 Å². The highest BCUT2D eigenvalue weighted by Gasteiger charge is 1.91. The van der Waals surface area contributed by atoms with Crippen molar-refractivity contribution in [3.8, 4) is 0 Å². The van der Waals surface area contributed by atoms with Crippen molar-refractivity contribution in [3.63, 3.8) is 0 Å². The van der Waals surface area contributed by atoms with Gasteiger partial charge in [0.25, 0.3) is 0 Å². The Balaban J connectivity index is 0. The van der Waals surface area contributed by atoms with Crippen LogP contribution in [0.25, 0.3) is 0 Å². The number of carboxylic acids is 1. The first-order valence-corrected chi connectivity index (χ1v) is 23.8. The van der Waals surface area contributed by atoms with Crippen molar-refractivity contribution in [2.75, 3.05) is 7.11 Å². The summed E-state index contributed by atoms with van der Waals surface area (Å²) in [5.74, 6) is -1.33. The second-order valence-electron chi connectivity index (χ2n) is 17.4. The zero-order valence-corrected chi connectivity index (χ0v) is 45.0. The normalized spacial score (nSPS) is 15.0. The minimum absolute atomic E-state index is 0.373. The molecule has 0 radical (unpaired) electrons. The van der Waals surface area contributed by atoms with Gasteiger partial charge in [-0.25, -0.2) is 9.59 Å². The molecule has 0 aromatic rings. The standard InChI is InChI=1S/C40H56.C25H30O4/c1-33(2)19-13-23-37(7)27-17-31-39(9)29-15-25-35(5)21-11-12-22-36(6)26-16-30-40(10)32-18-28-38(8)24-14-20-34(3)4;1-20(12-8-14-22(3)16-18-24(26)27)10-6-7-11-21(2)13-9-15-23(4)17-19-25(28)29-5/h11-12,15-22,25-32H,13-14,23-24H2,1-10H3;6-19H,1-5H3,(H,26,27)/b12-11+,25-15+,26-16+,31-17+,32-18+,35-21+,36-22+,37-27+,38-28+,39-29+,40-30+;7-6+,12-8+,13-9+,18-16+,19-17+,20-10+,21-11+,22-14+,23-15+. The number of rotatable bonds is 26. The van der Waals surface area contributed by atoms with Gasteiger partial charge in [-0.05, 0) is 123 Å². The van der Waals surface area contributed by atoms with Gasteiger partial charge in [-0.1, -0.05) is 249 Å². The second kappa shape index (κ2) is 42.6. The summed E-state index contributed by atoms with van der Waals surface area (Å²) in [5, 5.41) is 8.58. The van der Waals surface area contributed by atoms with Crippen molar-refractivity contribution in [2.24, 2.45) is 0 Å². The molecule has 0 unspecified atom stereocenters. The lowest BCUT2D eigenvalue weighted by atomic mass is 10.1. The number of ether oxygens (including phenoxy) is 1. The number of esters is 1. The fourth-order valence-corrected chi connectivity index (χ4v) is 5.22. The molecular formula is C65H86O4. The number of aliphatic carboxylic acids is 1. The van der Waals surface area contributed by atoms with Gasteiger partial charge in [0.2, 0.25) is 0 Å². The molecule has 370 valence electrons. The number of carbonyl (C=O) groups excluding carboxylic acids is 1. The van der Waals surface area contributed by atoms with E-state index in [9.17, 15) is 9.59 Å². The van der Waals surface area contributed by atoms with Crippen LogP contribution in [0.5, 0.6) is 0 Å². The highest BCUT2D eigenvalue weighted by atomic mass is 16.5. The Kier molecular flexibility index (Phi) is 39.7. The van der Waals surface area contributed by atoms with Crippen LogP contribution in [0.4, 0.5) is 0 Å². The molecule has 0 fully saturated rings. The topological polar surface area (TPSA) is 63.6 Å². The summed E-state index contributed by atoms with van der Waals surface area (Å²) in [6.45, 7) is 29.2. The molecule has 0 aromatic heterocycles. The highest BCUT2D eigenvalue weighted by molar-refractivity contribution is 5.82. The lowest BCUT2D eigenvalue weighted by Crippen LogP contribution is -1.93. The van der Waals surface area contributed by atoms with Crippen LogP contribution in [0.2, 0.25) is 0 Å². The minimum Gasteiger partial charge on any atom is -0.478 e. The number of hydrogen-bond donors (Lipinski definition) is 1. The van der Waals surface area contributed by atoms with Crippen LogP contribution in [-0.2, 0) is 14.3 Å². The SMILES string of the molecule is CC(C)=CCC/C(C)=C/C=C/C(C)=C/C=C/C(C)=C/C=C/C=C(C)/C=C/C=C(C)/C=C/C=C(\C)CCC=C(C)C.COC(=O)/C=C/C(C)=C/C=C/C(C)=C/C=C/C=C(C)/C=C/C=C(C)/C=C/C(=O)O. The molecular weight excluding hydrogens is 845 g/mol. The number of carboxylic acid groups (broad SMARTS) is 1. The maximum Gasteiger partial charge on any atom is 0.330 e. The van der Waals surface area contributed by atoms with Gasteiger partial charge in [0.15, 0.2) is 0 Å². The molecule has 1 N–H and O–H groups in total. The zero-order chi connectivity index (χ0) is 52.2. The van der Waals surface area contributed by atoms with Crippen LogP contribution in [0.1, 0.15) is 123 Å². The molecule has 4 heteroatoms. The van der Waals surface area contributed by atoms with Crippen LogP contribution in [-0.4, -0.2) is 24.2 Å². The fraction of sp³-hybridized carbons (Fsp3) is 0.292. The van der Waals surface area contributed by atoms with Crippen LogP contribution >= 0.6 is 0 Å². The first-order valence-electron chi connectivity index (χ1n) is 23.8. The smallest absolute Gasteiger partial charge is 0.330 e. The van der Waals surface area contributed by atoms with E-state index < -0.39 is 5.97 Å². The van der Waals surface area contributed by atoms with Crippen LogP contribution < -0.4 is 0 Å². The Hall–Kier alpha value is -6.78. The molecule has 0 aliphatic heterocycles. The lowest BCUT2D eigenvalue weighted by molar-refractivity contribution is -0.135. The second-order valence-corrected chi connectivity index (χ2v) is 17.4. The number of allylic oxidation sites excluding steroid dienone is 42. The molecule has 0 aliphatic carbocycles. The van der Waals surface area contributed by atoms with Gasteiger partial charge in [-0.15, -0.1) is 0 Å². The Morgan fingerprint density at radius 2 is 0.580 bits per heavy atom. The third-order valence-corrected chi connectivity index (χ3v) is 9.37. The van der Waals surface area contributed by atoms with Gasteiger partial charge in [-0.3, -0.25) is 0 Å². The van der Waals surface area contributed by atoms with Crippen LogP contribution in [0, 0.1) is 0 Å². The molecule has 0 bridgehead atoms. The largest absolute Gasteiger partial charge is 0.478 e. The first kappa shape index (κ1) is 64.3. The fourth-order valence-electron chi connectivity index (χ4n) is 5.22.